The lowest BCUT2D eigenvalue weighted by molar-refractivity contribution is 0.273. The molecule has 0 atom stereocenters. The highest BCUT2D eigenvalue weighted by molar-refractivity contribution is 5.85. The van der Waals surface area contributed by atoms with Crippen molar-refractivity contribution < 1.29 is 0 Å². The van der Waals surface area contributed by atoms with Gasteiger partial charge in [-0.05, 0) is 35.4 Å². The van der Waals surface area contributed by atoms with E-state index in [0.29, 0.717) is 5.41 Å². The molecule has 0 bridgehead atoms. The van der Waals surface area contributed by atoms with Crippen molar-refractivity contribution in [3.63, 3.8) is 0 Å². The van der Waals surface area contributed by atoms with Crippen LogP contribution in [0.1, 0.15) is 39.7 Å². The van der Waals surface area contributed by atoms with Crippen LogP contribution in [-0.4, -0.2) is 11.5 Å². The zero-order chi connectivity index (χ0) is 12.0. The number of nitrogens with one attached hydrogen (secondary N) is 1. The summed E-state index contributed by atoms with van der Waals surface area (Å²) in [5, 5.41) is 3.52. The lowest BCUT2D eigenvalue weighted by Gasteiger charge is -2.27. The van der Waals surface area contributed by atoms with Gasteiger partial charge in [-0.25, -0.2) is 0 Å². The topological polar surface area (TPSA) is 24.9 Å². The molecule has 0 aliphatic rings. The van der Waals surface area contributed by atoms with E-state index in [9.17, 15) is 0 Å². The number of hydrogen-bond acceptors (Lipinski definition) is 2. The molecular weight excluding hydrogens is 232 g/mol. The third kappa shape index (κ3) is 7.35. The molecule has 0 unspecified atom stereocenters. The summed E-state index contributed by atoms with van der Waals surface area (Å²) in [6.45, 7) is 11.2. The Hall–Kier alpha value is -0.600. The number of nitrogens with zero attached hydrogens (tertiary/aromatic N) is 1. The summed E-state index contributed by atoms with van der Waals surface area (Å²) in [5.74, 6) is 0.762. The normalized spacial score (nSPS) is 11.4. The van der Waals surface area contributed by atoms with E-state index in [1.165, 1.54) is 12.0 Å². The zero-order valence-corrected chi connectivity index (χ0v) is 12.2. The van der Waals surface area contributed by atoms with Crippen molar-refractivity contribution in [1.29, 1.82) is 0 Å². The molecule has 1 rings (SSSR count). The SMILES string of the molecule is CC(C)CC(C)(C)CNCc1ccncc1.Cl. The van der Waals surface area contributed by atoms with Gasteiger partial charge in [0.05, 0.1) is 0 Å². The van der Waals surface area contributed by atoms with Crippen molar-refractivity contribution in [2.45, 2.75) is 40.7 Å². The highest BCUT2D eigenvalue weighted by Crippen LogP contribution is 2.24. The molecule has 0 amide bonds. The van der Waals surface area contributed by atoms with Crippen LogP contribution in [0.15, 0.2) is 24.5 Å². The molecule has 0 aliphatic carbocycles. The van der Waals surface area contributed by atoms with Gasteiger partial charge >= 0.3 is 0 Å². The molecule has 0 aromatic carbocycles. The fourth-order valence-corrected chi connectivity index (χ4v) is 2.22. The third-order valence-electron chi connectivity index (χ3n) is 2.64. The van der Waals surface area contributed by atoms with Gasteiger partial charge in [0.2, 0.25) is 0 Å². The highest BCUT2D eigenvalue weighted by Gasteiger charge is 2.18. The fraction of sp³-hybridized carbons (Fsp3) is 0.643. The van der Waals surface area contributed by atoms with Crippen LogP contribution in [0.4, 0.5) is 0 Å². The minimum absolute atomic E-state index is 0. The van der Waals surface area contributed by atoms with E-state index in [1.54, 1.807) is 0 Å². The molecule has 1 aromatic rings. The Kier molecular flexibility index (Phi) is 7.40. The number of pyridine rings is 1. The standard InChI is InChI=1S/C14H24N2.ClH/c1-12(2)9-14(3,4)11-16-10-13-5-7-15-8-6-13;/h5-8,12,16H,9-11H2,1-4H3;1H. The molecule has 17 heavy (non-hydrogen) atoms. The first-order valence-corrected chi connectivity index (χ1v) is 6.09. The monoisotopic (exact) mass is 256 g/mol. The van der Waals surface area contributed by atoms with Crippen LogP contribution in [0, 0.1) is 11.3 Å². The van der Waals surface area contributed by atoms with E-state index >= 15 is 0 Å². The molecule has 2 nitrogen and oxygen atoms in total. The van der Waals surface area contributed by atoms with E-state index in [1.807, 2.05) is 12.4 Å². The first kappa shape index (κ1) is 16.4. The van der Waals surface area contributed by atoms with Crippen molar-refractivity contribution in [2.75, 3.05) is 6.54 Å². The molecule has 0 radical (unpaired) electrons. The van der Waals surface area contributed by atoms with E-state index in [2.05, 4.69) is 50.1 Å². The molecule has 1 heterocycles. The van der Waals surface area contributed by atoms with Crippen LogP contribution < -0.4 is 5.32 Å². The van der Waals surface area contributed by atoms with Crippen LogP contribution in [0.25, 0.3) is 0 Å². The smallest absolute Gasteiger partial charge is 0.0271 e. The van der Waals surface area contributed by atoms with Gasteiger partial charge in [0.25, 0.3) is 0 Å². The van der Waals surface area contributed by atoms with E-state index in [-0.39, 0.29) is 12.4 Å². The van der Waals surface area contributed by atoms with Gasteiger partial charge in [0.15, 0.2) is 0 Å². The summed E-state index contributed by atoms with van der Waals surface area (Å²) in [7, 11) is 0. The summed E-state index contributed by atoms with van der Waals surface area (Å²) < 4.78 is 0. The largest absolute Gasteiger partial charge is 0.312 e. The highest BCUT2D eigenvalue weighted by atomic mass is 35.5. The Morgan fingerprint density at radius 1 is 1.24 bits per heavy atom. The molecule has 0 spiro atoms. The minimum atomic E-state index is 0. The first-order chi connectivity index (χ1) is 7.49. The van der Waals surface area contributed by atoms with Crippen LogP contribution >= 0.6 is 12.4 Å². The summed E-state index contributed by atoms with van der Waals surface area (Å²) in [6, 6.07) is 4.12. The predicted molar refractivity (Wildman–Crippen MR) is 76.4 cm³/mol. The Labute approximate surface area is 112 Å². The zero-order valence-electron chi connectivity index (χ0n) is 11.4. The van der Waals surface area contributed by atoms with E-state index in [0.717, 1.165) is 19.0 Å². The van der Waals surface area contributed by atoms with Gasteiger partial charge < -0.3 is 5.32 Å². The summed E-state index contributed by atoms with van der Waals surface area (Å²) in [4.78, 5) is 4.01. The van der Waals surface area contributed by atoms with Crippen molar-refractivity contribution in [3.05, 3.63) is 30.1 Å². The molecule has 0 fully saturated rings. The van der Waals surface area contributed by atoms with E-state index in [4.69, 9.17) is 0 Å². The Morgan fingerprint density at radius 3 is 2.35 bits per heavy atom. The molecule has 0 saturated carbocycles. The molecule has 0 aliphatic heterocycles. The van der Waals surface area contributed by atoms with Crippen molar-refractivity contribution >= 4 is 12.4 Å². The Balaban J connectivity index is 0.00000256. The number of rotatable bonds is 6. The van der Waals surface area contributed by atoms with Gasteiger partial charge in [-0.1, -0.05) is 27.7 Å². The molecule has 3 heteroatoms. The summed E-state index contributed by atoms with van der Waals surface area (Å²) in [6.07, 6.45) is 4.95. The van der Waals surface area contributed by atoms with Gasteiger partial charge in [0, 0.05) is 25.5 Å². The molecule has 1 aromatic heterocycles. The third-order valence-corrected chi connectivity index (χ3v) is 2.64. The quantitative estimate of drug-likeness (QED) is 0.840. The summed E-state index contributed by atoms with van der Waals surface area (Å²) in [5.41, 5.74) is 1.68. The minimum Gasteiger partial charge on any atom is -0.312 e. The first-order valence-electron chi connectivity index (χ1n) is 6.09. The van der Waals surface area contributed by atoms with Gasteiger partial charge in [0.1, 0.15) is 0 Å². The van der Waals surface area contributed by atoms with Gasteiger partial charge in [-0.3, -0.25) is 4.98 Å². The number of hydrogen-bond donors (Lipinski definition) is 1. The van der Waals surface area contributed by atoms with E-state index < -0.39 is 0 Å². The average molecular weight is 257 g/mol. The second kappa shape index (κ2) is 7.67. The van der Waals surface area contributed by atoms with Crippen molar-refractivity contribution in [2.24, 2.45) is 11.3 Å². The van der Waals surface area contributed by atoms with Crippen LogP contribution in [0.5, 0.6) is 0 Å². The molecule has 0 saturated heterocycles. The lowest BCUT2D eigenvalue weighted by Crippen LogP contribution is -2.30. The fourth-order valence-electron chi connectivity index (χ4n) is 2.22. The molecular formula is C14H25ClN2. The Morgan fingerprint density at radius 2 is 1.82 bits per heavy atom. The van der Waals surface area contributed by atoms with Gasteiger partial charge in [-0.15, -0.1) is 12.4 Å². The lowest BCUT2D eigenvalue weighted by atomic mass is 9.84. The van der Waals surface area contributed by atoms with Crippen LogP contribution in [0.2, 0.25) is 0 Å². The maximum Gasteiger partial charge on any atom is 0.0271 e. The Bertz CT molecular complexity index is 296. The average Bonchev–Trinajstić information content (AvgIpc) is 2.16. The second-order valence-corrected chi connectivity index (χ2v) is 5.72. The van der Waals surface area contributed by atoms with Gasteiger partial charge in [-0.2, -0.15) is 0 Å². The second-order valence-electron chi connectivity index (χ2n) is 5.72. The predicted octanol–water partition coefficient (Wildman–Crippen LogP) is 3.67. The van der Waals surface area contributed by atoms with Crippen molar-refractivity contribution in [1.82, 2.24) is 10.3 Å². The number of aromatic nitrogens is 1. The van der Waals surface area contributed by atoms with Crippen LogP contribution in [-0.2, 0) is 6.54 Å². The van der Waals surface area contributed by atoms with Crippen LogP contribution in [0.3, 0.4) is 0 Å². The summed E-state index contributed by atoms with van der Waals surface area (Å²) >= 11 is 0. The maximum atomic E-state index is 4.01. The molecule has 1 N–H and O–H groups in total. The van der Waals surface area contributed by atoms with Crippen molar-refractivity contribution in [3.8, 4) is 0 Å². The molecule has 98 valence electrons. The number of halogens is 1. The maximum absolute atomic E-state index is 4.01.